The van der Waals surface area contributed by atoms with E-state index in [1.807, 2.05) is 13.8 Å². The predicted molar refractivity (Wildman–Crippen MR) is 70.6 cm³/mol. The minimum absolute atomic E-state index is 0.136. The van der Waals surface area contributed by atoms with E-state index >= 15 is 0 Å². The first kappa shape index (κ1) is 13.7. The molecule has 100 valence electrons. The fourth-order valence-corrected chi connectivity index (χ4v) is 2.24. The first-order valence-electron chi connectivity index (χ1n) is 6.19. The molecule has 19 heavy (non-hydrogen) atoms. The van der Waals surface area contributed by atoms with E-state index in [1.165, 1.54) is 24.3 Å². The van der Waals surface area contributed by atoms with E-state index in [2.05, 4.69) is 0 Å². The van der Waals surface area contributed by atoms with Crippen LogP contribution in [0.15, 0.2) is 48.5 Å². The molecule has 1 N–H and O–H groups in total. The van der Waals surface area contributed by atoms with Gasteiger partial charge < -0.3 is 5.11 Å². The average molecular weight is 262 g/mol. The summed E-state index contributed by atoms with van der Waals surface area (Å²) in [5.74, 6) is -0.841. The van der Waals surface area contributed by atoms with Crippen molar-refractivity contribution in [2.75, 3.05) is 0 Å². The van der Waals surface area contributed by atoms with Crippen molar-refractivity contribution >= 4 is 0 Å². The maximum absolute atomic E-state index is 13.0. The van der Waals surface area contributed by atoms with Gasteiger partial charge in [-0.2, -0.15) is 0 Å². The van der Waals surface area contributed by atoms with Crippen molar-refractivity contribution < 1.29 is 13.9 Å². The van der Waals surface area contributed by atoms with Gasteiger partial charge in [-0.05, 0) is 41.3 Å². The smallest absolute Gasteiger partial charge is 0.123 e. The van der Waals surface area contributed by atoms with Crippen molar-refractivity contribution in [2.24, 2.45) is 5.92 Å². The highest BCUT2D eigenvalue weighted by atomic mass is 19.1. The summed E-state index contributed by atoms with van der Waals surface area (Å²) in [6.45, 7) is 3.74. The molecule has 0 saturated carbocycles. The van der Waals surface area contributed by atoms with Gasteiger partial charge in [0.05, 0.1) is 0 Å². The minimum Gasteiger partial charge on any atom is -0.380 e. The standard InChI is InChI=1S/C16H16F2O/c1-11(2)16(19,12-3-7-14(17)8-4-12)13-5-9-15(18)10-6-13/h3-11,19H,1-2H3. The van der Waals surface area contributed by atoms with Gasteiger partial charge in [0.2, 0.25) is 0 Å². The Balaban J connectivity index is 2.54. The van der Waals surface area contributed by atoms with E-state index < -0.39 is 5.60 Å². The summed E-state index contributed by atoms with van der Waals surface area (Å²) in [4.78, 5) is 0. The van der Waals surface area contributed by atoms with Crippen LogP contribution in [0.4, 0.5) is 8.78 Å². The molecule has 0 radical (unpaired) electrons. The zero-order chi connectivity index (χ0) is 14.0. The lowest BCUT2D eigenvalue weighted by Gasteiger charge is -2.33. The summed E-state index contributed by atoms with van der Waals surface area (Å²) >= 11 is 0. The van der Waals surface area contributed by atoms with Crippen LogP contribution >= 0.6 is 0 Å². The Morgan fingerprint density at radius 2 is 1.11 bits per heavy atom. The number of hydrogen-bond acceptors (Lipinski definition) is 1. The minimum atomic E-state index is -1.26. The number of halogens is 2. The molecule has 0 aliphatic carbocycles. The van der Waals surface area contributed by atoms with Crippen LogP contribution in [-0.2, 0) is 5.60 Å². The second kappa shape index (κ2) is 5.10. The second-order valence-electron chi connectivity index (χ2n) is 4.93. The largest absolute Gasteiger partial charge is 0.380 e. The predicted octanol–water partition coefficient (Wildman–Crippen LogP) is 3.86. The van der Waals surface area contributed by atoms with Crippen LogP contribution < -0.4 is 0 Å². The molecule has 2 aromatic carbocycles. The molecule has 0 aliphatic heterocycles. The van der Waals surface area contributed by atoms with E-state index in [4.69, 9.17) is 0 Å². The van der Waals surface area contributed by atoms with E-state index in [0.29, 0.717) is 11.1 Å². The van der Waals surface area contributed by atoms with Crippen LogP contribution in [-0.4, -0.2) is 5.11 Å². The Hall–Kier alpha value is -1.74. The SMILES string of the molecule is CC(C)C(O)(c1ccc(F)cc1)c1ccc(F)cc1. The van der Waals surface area contributed by atoms with Crippen LogP contribution in [0.2, 0.25) is 0 Å². The Bertz CT molecular complexity index is 498. The highest BCUT2D eigenvalue weighted by Crippen LogP contribution is 2.36. The molecule has 3 heteroatoms. The van der Waals surface area contributed by atoms with E-state index in [1.54, 1.807) is 24.3 Å². The Morgan fingerprint density at radius 1 is 0.789 bits per heavy atom. The highest BCUT2D eigenvalue weighted by Gasteiger charge is 2.35. The van der Waals surface area contributed by atoms with E-state index in [0.717, 1.165) is 0 Å². The summed E-state index contributed by atoms with van der Waals surface area (Å²) in [5.41, 5.74) is -0.0764. The molecule has 0 heterocycles. The van der Waals surface area contributed by atoms with Crippen molar-refractivity contribution in [2.45, 2.75) is 19.4 Å². The van der Waals surface area contributed by atoms with Gasteiger partial charge in [-0.3, -0.25) is 0 Å². The van der Waals surface area contributed by atoms with Crippen LogP contribution in [0.1, 0.15) is 25.0 Å². The average Bonchev–Trinajstić information content (AvgIpc) is 2.39. The fraction of sp³-hybridized carbons (Fsp3) is 0.250. The van der Waals surface area contributed by atoms with Gasteiger partial charge in [-0.1, -0.05) is 38.1 Å². The maximum Gasteiger partial charge on any atom is 0.123 e. The normalized spacial score (nSPS) is 11.9. The Labute approximate surface area is 111 Å². The quantitative estimate of drug-likeness (QED) is 0.890. The second-order valence-corrected chi connectivity index (χ2v) is 4.93. The fourth-order valence-electron chi connectivity index (χ4n) is 2.24. The maximum atomic E-state index is 13.0. The van der Waals surface area contributed by atoms with Gasteiger partial charge in [0.1, 0.15) is 17.2 Å². The first-order chi connectivity index (χ1) is 8.94. The molecular weight excluding hydrogens is 246 g/mol. The number of benzene rings is 2. The number of aliphatic hydroxyl groups is 1. The van der Waals surface area contributed by atoms with Gasteiger partial charge in [-0.15, -0.1) is 0 Å². The van der Waals surface area contributed by atoms with Crippen LogP contribution in [0.25, 0.3) is 0 Å². The summed E-state index contributed by atoms with van der Waals surface area (Å²) in [6, 6.07) is 11.5. The molecule has 2 rings (SSSR count). The molecule has 1 nitrogen and oxygen atoms in total. The molecule has 0 spiro atoms. The zero-order valence-electron chi connectivity index (χ0n) is 10.9. The molecule has 0 aromatic heterocycles. The van der Waals surface area contributed by atoms with Crippen molar-refractivity contribution in [3.63, 3.8) is 0 Å². The first-order valence-corrected chi connectivity index (χ1v) is 6.19. The lowest BCUT2D eigenvalue weighted by Crippen LogP contribution is -2.33. The summed E-state index contributed by atoms with van der Waals surface area (Å²) in [7, 11) is 0. The van der Waals surface area contributed by atoms with Gasteiger partial charge in [0.15, 0.2) is 0 Å². The Morgan fingerprint density at radius 3 is 1.37 bits per heavy atom. The molecule has 2 aromatic rings. The van der Waals surface area contributed by atoms with Crippen molar-refractivity contribution in [1.29, 1.82) is 0 Å². The molecule has 0 amide bonds. The third-order valence-corrected chi connectivity index (χ3v) is 3.40. The lowest BCUT2D eigenvalue weighted by molar-refractivity contribution is 0.0317. The number of hydrogen-bond donors (Lipinski definition) is 1. The lowest BCUT2D eigenvalue weighted by atomic mass is 9.78. The molecule has 0 saturated heterocycles. The van der Waals surface area contributed by atoms with Crippen LogP contribution in [0.3, 0.4) is 0 Å². The molecular formula is C16H16F2O. The van der Waals surface area contributed by atoms with Gasteiger partial charge in [0, 0.05) is 0 Å². The summed E-state index contributed by atoms with van der Waals surface area (Å²) < 4.78 is 26.0. The summed E-state index contributed by atoms with van der Waals surface area (Å²) in [5, 5.41) is 11.0. The van der Waals surface area contributed by atoms with Gasteiger partial charge in [0.25, 0.3) is 0 Å². The Kier molecular flexibility index (Phi) is 3.67. The topological polar surface area (TPSA) is 20.2 Å². The zero-order valence-corrected chi connectivity index (χ0v) is 10.9. The van der Waals surface area contributed by atoms with Gasteiger partial charge >= 0.3 is 0 Å². The van der Waals surface area contributed by atoms with E-state index in [-0.39, 0.29) is 17.6 Å². The van der Waals surface area contributed by atoms with Crippen molar-refractivity contribution in [1.82, 2.24) is 0 Å². The van der Waals surface area contributed by atoms with Crippen LogP contribution in [0, 0.1) is 17.6 Å². The molecule has 0 aliphatic rings. The monoisotopic (exact) mass is 262 g/mol. The molecule has 0 bridgehead atoms. The highest BCUT2D eigenvalue weighted by molar-refractivity contribution is 5.36. The van der Waals surface area contributed by atoms with E-state index in [9.17, 15) is 13.9 Å². The van der Waals surface area contributed by atoms with Crippen molar-refractivity contribution in [3.05, 3.63) is 71.3 Å². The van der Waals surface area contributed by atoms with Gasteiger partial charge in [-0.25, -0.2) is 8.78 Å². The summed E-state index contributed by atoms with van der Waals surface area (Å²) in [6.07, 6.45) is 0. The molecule has 0 fully saturated rings. The van der Waals surface area contributed by atoms with Crippen molar-refractivity contribution in [3.8, 4) is 0 Å². The third-order valence-electron chi connectivity index (χ3n) is 3.40. The van der Waals surface area contributed by atoms with Crippen LogP contribution in [0.5, 0.6) is 0 Å². The third kappa shape index (κ3) is 2.51. The number of rotatable bonds is 3. The molecule has 0 unspecified atom stereocenters. The molecule has 0 atom stereocenters.